The van der Waals surface area contributed by atoms with Gasteiger partial charge >= 0.3 is 6.36 Å². The van der Waals surface area contributed by atoms with Gasteiger partial charge in [0.1, 0.15) is 6.10 Å². The van der Waals surface area contributed by atoms with Gasteiger partial charge in [0.25, 0.3) is 0 Å². The third kappa shape index (κ3) is 3.53. The van der Waals surface area contributed by atoms with Gasteiger partial charge in [-0.25, -0.2) is 0 Å². The largest absolute Gasteiger partial charge is 0.522 e. The molecule has 2 aliphatic rings. The Morgan fingerprint density at radius 2 is 1.86 bits per heavy atom. The molecule has 2 N–H and O–H groups in total. The Morgan fingerprint density at radius 3 is 2.48 bits per heavy atom. The lowest BCUT2D eigenvalue weighted by Crippen LogP contribution is -2.34. The normalized spacial score (nSPS) is 33.7. The fourth-order valence-electron chi connectivity index (χ4n) is 2.56. The van der Waals surface area contributed by atoms with Gasteiger partial charge in [0.2, 0.25) is 11.8 Å². The first-order chi connectivity index (χ1) is 9.90. The molecule has 1 saturated carbocycles. The number of nitrogens with zero attached hydrogens (tertiary/aromatic N) is 2. The molecule has 1 aliphatic heterocycles. The molecule has 2 fully saturated rings. The van der Waals surface area contributed by atoms with E-state index < -0.39 is 12.5 Å². The summed E-state index contributed by atoms with van der Waals surface area (Å²) in [6, 6.07) is 0.0237. The van der Waals surface area contributed by atoms with Crippen molar-refractivity contribution in [1.82, 2.24) is 10.2 Å². The lowest BCUT2D eigenvalue weighted by molar-refractivity contribution is -0.352. The van der Waals surface area contributed by atoms with E-state index in [1.807, 2.05) is 0 Å². The highest BCUT2D eigenvalue weighted by atomic mass is 19.4. The van der Waals surface area contributed by atoms with E-state index in [1.165, 1.54) is 0 Å². The summed E-state index contributed by atoms with van der Waals surface area (Å²) in [5.74, 6) is 0.548. The van der Waals surface area contributed by atoms with Crippen molar-refractivity contribution in [3.05, 3.63) is 11.8 Å². The van der Waals surface area contributed by atoms with E-state index in [4.69, 9.17) is 14.9 Å². The van der Waals surface area contributed by atoms with E-state index >= 15 is 0 Å². The van der Waals surface area contributed by atoms with Crippen LogP contribution in [-0.2, 0) is 9.47 Å². The second-order valence-corrected chi connectivity index (χ2v) is 5.49. The van der Waals surface area contributed by atoms with Crippen LogP contribution in [0.3, 0.4) is 0 Å². The predicted molar refractivity (Wildman–Crippen MR) is 63.1 cm³/mol. The molecule has 0 radical (unpaired) electrons. The quantitative estimate of drug-likeness (QED) is 0.920. The molecule has 1 aromatic rings. The molecule has 6 nitrogen and oxygen atoms in total. The summed E-state index contributed by atoms with van der Waals surface area (Å²) in [6.45, 7) is 0.438. The van der Waals surface area contributed by atoms with Gasteiger partial charge in [0, 0.05) is 12.0 Å². The molecule has 118 valence electrons. The van der Waals surface area contributed by atoms with Crippen molar-refractivity contribution < 1.29 is 27.1 Å². The minimum atomic E-state index is -4.59. The second-order valence-electron chi connectivity index (χ2n) is 5.49. The molecular weight excluding hydrogens is 291 g/mol. The molecule has 0 amide bonds. The fourth-order valence-corrected chi connectivity index (χ4v) is 2.56. The predicted octanol–water partition coefficient (Wildman–Crippen LogP) is 2.03. The van der Waals surface area contributed by atoms with Crippen LogP contribution >= 0.6 is 0 Å². The summed E-state index contributed by atoms with van der Waals surface area (Å²) in [4.78, 5) is 0. The molecule has 1 aromatic heterocycles. The van der Waals surface area contributed by atoms with Gasteiger partial charge in [0.05, 0.1) is 12.7 Å². The van der Waals surface area contributed by atoms with Gasteiger partial charge in [0.15, 0.2) is 0 Å². The lowest BCUT2D eigenvalue weighted by atomic mass is 9.82. The first-order valence-electron chi connectivity index (χ1n) is 6.86. The van der Waals surface area contributed by atoms with Crippen LogP contribution in [-0.4, -0.2) is 35.3 Å². The second kappa shape index (κ2) is 5.54. The molecule has 0 aromatic carbocycles. The maximum atomic E-state index is 12.0. The smallest absolute Gasteiger partial charge is 0.422 e. The summed E-state index contributed by atoms with van der Waals surface area (Å²) >= 11 is 0. The SMILES string of the molecule is N[C@@H]1CC[C@@H](c2nnc(C3CC(OC(F)(F)F)C3)o2)OC1. The van der Waals surface area contributed by atoms with Crippen molar-refractivity contribution in [2.75, 3.05) is 6.61 Å². The Labute approximate surface area is 118 Å². The highest BCUT2D eigenvalue weighted by Gasteiger charge is 2.42. The van der Waals surface area contributed by atoms with E-state index in [2.05, 4.69) is 14.9 Å². The number of hydrogen-bond acceptors (Lipinski definition) is 6. The Hall–Kier alpha value is -1.19. The topological polar surface area (TPSA) is 83.4 Å². The third-order valence-corrected chi connectivity index (χ3v) is 3.79. The lowest BCUT2D eigenvalue weighted by Gasteiger charge is -2.32. The van der Waals surface area contributed by atoms with Crippen molar-refractivity contribution in [2.24, 2.45) is 5.73 Å². The van der Waals surface area contributed by atoms with Crippen LogP contribution in [0.4, 0.5) is 13.2 Å². The summed E-state index contributed by atoms with van der Waals surface area (Å²) < 4.78 is 51.1. The zero-order valence-corrected chi connectivity index (χ0v) is 11.2. The Bertz CT molecular complexity index is 480. The van der Waals surface area contributed by atoms with Crippen LogP contribution in [0.15, 0.2) is 4.42 Å². The van der Waals surface area contributed by atoms with E-state index in [1.54, 1.807) is 0 Å². The molecule has 21 heavy (non-hydrogen) atoms. The van der Waals surface area contributed by atoms with Gasteiger partial charge in [-0.3, -0.25) is 4.74 Å². The van der Waals surface area contributed by atoms with Crippen LogP contribution in [0, 0.1) is 0 Å². The minimum Gasteiger partial charge on any atom is -0.422 e. The zero-order chi connectivity index (χ0) is 15.0. The van der Waals surface area contributed by atoms with E-state index in [-0.39, 0.29) is 30.9 Å². The van der Waals surface area contributed by atoms with Crippen molar-refractivity contribution in [3.8, 4) is 0 Å². The van der Waals surface area contributed by atoms with E-state index in [0.717, 1.165) is 6.42 Å². The molecule has 3 rings (SSSR count). The van der Waals surface area contributed by atoms with Gasteiger partial charge < -0.3 is 14.9 Å². The van der Waals surface area contributed by atoms with Gasteiger partial charge in [-0.05, 0) is 25.7 Å². The van der Waals surface area contributed by atoms with Crippen molar-refractivity contribution in [3.63, 3.8) is 0 Å². The number of aromatic nitrogens is 2. The molecule has 2 heterocycles. The zero-order valence-electron chi connectivity index (χ0n) is 11.2. The number of alkyl halides is 3. The summed E-state index contributed by atoms with van der Waals surface area (Å²) in [7, 11) is 0. The summed E-state index contributed by atoms with van der Waals surface area (Å²) in [5, 5.41) is 7.82. The van der Waals surface area contributed by atoms with Gasteiger partial charge in [-0.2, -0.15) is 0 Å². The fraction of sp³-hybridized carbons (Fsp3) is 0.833. The molecule has 0 unspecified atom stereocenters. The Morgan fingerprint density at radius 1 is 1.14 bits per heavy atom. The highest BCUT2D eigenvalue weighted by Crippen LogP contribution is 2.41. The number of nitrogens with two attached hydrogens (primary N) is 1. The number of rotatable bonds is 3. The Kier molecular flexibility index (Phi) is 3.89. The summed E-state index contributed by atoms with van der Waals surface area (Å²) in [6.07, 6.45) is -3.71. The standard InChI is InChI=1S/C12H16F3N3O3/c13-12(14,15)21-8-3-6(4-8)10-17-18-11(20-10)9-2-1-7(16)5-19-9/h6-9H,1-5,16H2/t6?,7-,8?,9+/m1/s1. The molecule has 9 heteroatoms. The third-order valence-electron chi connectivity index (χ3n) is 3.79. The molecule has 1 aliphatic carbocycles. The molecule has 2 atom stereocenters. The molecular formula is C12H16F3N3O3. The average Bonchev–Trinajstić information content (AvgIpc) is 2.82. The summed E-state index contributed by atoms with van der Waals surface area (Å²) in [5.41, 5.74) is 5.73. The number of hydrogen-bond donors (Lipinski definition) is 1. The van der Waals surface area contributed by atoms with E-state index in [9.17, 15) is 13.2 Å². The molecule has 1 saturated heterocycles. The van der Waals surface area contributed by atoms with Crippen LogP contribution in [0.5, 0.6) is 0 Å². The van der Waals surface area contributed by atoms with Crippen LogP contribution < -0.4 is 5.73 Å². The van der Waals surface area contributed by atoms with Crippen molar-refractivity contribution in [1.29, 1.82) is 0 Å². The Balaban J connectivity index is 1.52. The highest BCUT2D eigenvalue weighted by molar-refractivity contribution is 5.02. The van der Waals surface area contributed by atoms with Crippen LogP contribution in [0.2, 0.25) is 0 Å². The van der Waals surface area contributed by atoms with Crippen molar-refractivity contribution >= 4 is 0 Å². The minimum absolute atomic E-state index is 0.0237. The monoisotopic (exact) mass is 307 g/mol. The number of ether oxygens (including phenoxy) is 2. The van der Waals surface area contributed by atoms with Gasteiger partial charge in [-0.15, -0.1) is 23.4 Å². The average molecular weight is 307 g/mol. The van der Waals surface area contributed by atoms with Crippen LogP contribution in [0.25, 0.3) is 0 Å². The van der Waals surface area contributed by atoms with Crippen molar-refractivity contribution in [2.45, 2.75) is 56.2 Å². The van der Waals surface area contributed by atoms with Gasteiger partial charge in [-0.1, -0.05) is 0 Å². The first kappa shape index (κ1) is 14.7. The first-order valence-corrected chi connectivity index (χ1v) is 6.86. The maximum absolute atomic E-state index is 12.0. The van der Waals surface area contributed by atoms with Crippen LogP contribution in [0.1, 0.15) is 49.5 Å². The number of halogens is 3. The van der Waals surface area contributed by atoms with E-state index in [0.29, 0.717) is 24.8 Å². The maximum Gasteiger partial charge on any atom is 0.522 e. The molecule has 0 spiro atoms. The molecule has 0 bridgehead atoms.